The highest BCUT2D eigenvalue weighted by atomic mass is 31.2. The topological polar surface area (TPSA) is 185 Å². The minimum absolute atomic E-state index is 0.00956. The second kappa shape index (κ2) is 23.5. The second-order valence-electron chi connectivity index (χ2n) is 19.8. The Kier molecular flexibility index (Phi) is 18.6. The summed E-state index contributed by atoms with van der Waals surface area (Å²) in [7, 11) is 0.719. The molecule has 5 unspecified atom stereocenters. The third-order valence-corrected chi connectivity index (χ3v) is 16.6. The van der Waals surface area contributed by atoms with Crippen molar-refractivity contribution in [2.75, 3.05) is 46.7 Å². The van der Waals surface area contributed by atoms with Gasteiger partial charge in [0, 0.05) is 13.8 Å². The third-order valence-electron chi connectivity index (χ3n) is 15.5. The molecule has 0 radical (unpaired) electrons. The highest BCUT2D eigenvalue weighted by molar-refractivity contribution is 7.46. The molecule has 10 rings (SSSR count). The fraction of sp³-hybridized carbons (Fsp3) is 0.750. The van der Waals surface area contributed by atoms with Gasteiger partial charge in [-0.1, -0.05) is 67.6 Å². The Morgan fingerprint density at radius 3 is 1.47 bits per heavy atom. The summed E-state index contributed by atoms with van der Waals surface area (Å²) >= 11 is 0. The minimum Gasteiger partial charge on any atom is -0.393 e. The molecule has 2 aromatic rings. The molecule has 17 nitrogen and oxygen atoms in total. The summed E-state index contributed by atoms with van der Waals surface area (Å²) in [4.78, 5) is 3.27. The maximum Gasteiger partial charge on any atom is 0.238 e. The van der Waals surface area contributed by atoms with E-state index in [9.17, 15) is 10.2 Å². The largest absolute Gasteiger partial charge is 0.393 e. The Balaban J connectivity index is 0.000000139. The van der Waals surface area contributed by atoms with Crippen molar-refractivity contribution in [1.82, 2.24) is 0 Å². The number of hydrogen-bond acceptors (Lipinski definition) is 16. The van der Waals surface area contributed by atoms with E-state index in [1.54, 1.807) is 7.11 Å². The van der Waals surface area contributed by atoms with Crippen LogP contribution in [0, 0.1) is 6.57 Å². The van der Waals surface area contributed by atoms with Crippen LogP contribution < -0.4 is 0 Å². The molecule has 70 heavy (non-hydrogen) atoms. The first-order valence-electron chi connectivity index (χ1n) is 24.9. The number of aliphatic hydroxyl groups is 3. The molecule has 8 saturated heterocycles. The molecular formula is C52H78NO16P. The van der Waals surface area contributed by atoms with Crippen LogP contribution in [-0.2, 0) is 74.4 Å². The molecule has 8 aliphatic rings. The number of aliphatic hydroxyl groups excluding tert-OH is 3. The highest BCUT2D eigenvalue weighted by Crippen LogP contribution is 2.53. The zero-order valence-electron chi connectivity index (χ0n) is 42.7. The molecule has 21 atom stereocenters. The third kappa shape index (κ3) is 10.7. The van der Waals surface area contributed by atoms with Crippen LogP contribution in [0.3, 0.4) is 0 Å². The van der Waals surface area contributed by atoms with Gasteiger partial charge >= 0.3 is 0 Å². The zero-order chi connectivity index (χ0) is 50.6. The molecule has 0 spiro atoms. The van der Waals surface area contributed by atoms with E-state index in [-0.39, 0.29) is 97.7 Å². The fourth-order valence-corrected chi connectivity index (χ4v) is 12.5. The first kappa shape index (κ1) is 55.5. The van der Waals surface area contributed by atoms with Crippen molar-refractivity contribution in [3.05, 3.63) is 83.2 Å². The van der Waals surface area contributed by atoms with E-state index < -0.39 is 37.4 Å². The van der Waals surface area contributed by atoms with Gasteiger partial charge in [-0.2, -0.15) is 0 Å². The first-order chi connectivity index (χ1) is 33.5. The van der Waals surface area contributed by atoms with E-state index in [2.05, 4.69) is 23.9 Å². The van der Waals surface area contributed by atoms with Crippen molar-refractivity contribution in [3.63, 3.8) is 0 Å². The molecule has 0 aromatic heterocycles. The van der Waals surface area contributed by atoms with E-state index in [1.807, 2.05) is 111 Å². The molecule has 0 amide bonds. The summed E-state index contributed by atoms with van der Waals surface area (Å²) in [6, 6.07) is 20.1. The van der Waals surface area contributed by atoms with Gasteiger partial charge in [-0.15, -0.1) is 0 Å². The lowest BCUT2D eigenvalue weighted by molar-refractivity contribution is -0.199. The van der Waals surface area contributed by atoms with E-state index in [0.29, 0.717) is 39.6 Å². The van der Waals surface area contributed by atoms with Crippen LogP contribution in [0.15, 0.2) is 60.7 Å². The molecule has 8 bridgehead atoms. The van der Waals surface area contributed by atoms with Gasteiger partial charge in [0.25, 0.3) is 0 Å². The van der Waals surface area contributed by atoms with Gasteiger partial charge in [0.1, 0.15) is 77.8 Å². The summed E-state index contributed by atoms with van der Waals surface area (Å²) in [5.74, 6) is 0. The molecule has 2 aromatic carbocycles. The minimum atomic E-state index is -0.995. The van der Waals surface area contributed by atoms with Gasteiger partial charge < -0.3 is 81.3 Å². The molecule has 392 valence electrons. The molecule has 3 N–H and O–H groups in total. The zero-order valence-corrected chi connectivity index (χ0v) is 43.6. The van der Waals surface area contributed by atoms with Gasteiger partial charge in [-0.25, -0.2) is 6.57 Å². The monoisotopic (exact) mass is 1000 g/mol. The Bertz CT molecular complexity index is 1990. The molecule has 18 heteroatoms. The summed E-state index contributed by atoms with van der Waals surface area (Å²) in [5.41, 5.74) is -0.130. The highest BCUT2D eigenvalue weighted by Gasteiger charge is 2.67. The number of ether oxygens (including phenoxy) is 11. The Hall–Kier alpha value is -2.28. The van der Waals surface area contributed by atoms with Crippen LogP contribution in [0.5, 0.6) is 0 Å². The van der Waals surface area contributed by atoms with Crippen molar-refractivity contribution in [2.24, 2.45) is 0 Å². The van der Waals surface area contributed by atoms with Gasteiger partial charge in [-0.3, -0.25) is 0 Å². The van der Waals surface area contributed by atoms with Gasteiger partial charge in [0.2, 0.25) is 6.54 Å². The van der Waals surface area contributed by atoms with Crippen LogP contribution in [0.2, 0.25) is 0 Å². The number of fused-ring (bicyclic) bond motifs is 8. The normalized spacial score (nSPS) is 43.7. The van der Waals surface area contributed by atoms with Gasteiger partial charge in [-0.05, 0) is 72.9 Å². The molecule has 8 aliphatic heterocycles. The smallest absolute Gasteiger partial charge is 0.238 e. The standard InChI is InChI=1S/C16H22O4.C15H20O4.C13H22NO4P.C8H14O4/c1-11-14-15(17-3)16(20-11,12(2)19-14)10-18-9-13-7-5-4-6-8-13;1-10-13-14(16)15(19-10,11(2)18-13)9-17-8-12-6-4-3-5-7-12;1-6-13-10(3)16-11(9(2)17-13)12(13)18-19(5)15-8-7-14-4;1-4-6-7(10)8(3-9,12-4)5(2)11-6/h4-8,11-12,14-15H,9-10H2,1-3H3;3-7,10-11,13-14,16H,8-9H2,1-2H3;9-12H,6-8H2,1-3,5H3;4-7,9-10H,3H2,1-2H3/t11-,12?,14-,15-,16-;10-,11?,13-,14-,15-;9-,10?,11-,12-,13-,19?;4-,5?,6-,7-,8-/m0000/s1. The van der Waals surface area contributed by atoms with E-state index in [4.69, 9.17) is 72.8 Å². The number of methoxy groups -OCH3 is 1. The second-order valence-corrected chi connectivity index (χ2v) is 21.1. The summed E-state index contributed by atoms with van der Waals surface area (Å²) in [5, 5.41) is 29.1. The molecule has 8 heterocycles. The van der Waals surface area contributed by atoms with E-state index in [0.717, 1.165) is 17.5 Å². The average molecular weight is 1000 g/mol. The molecule has 0 saturated carbocycles. The van der Waals surface area contributed by atoms with Crippen molar-refractivity contribution in [1.29, 1.82) is 0 Å². The molecular weight excluding hydrogens is 926 g/mol. The van der Waals surface area contributed by atoms with Crippen molar-refractivity contribution in [3.8, 4) is 0 Å². The molecule has 0 aliphatic carbocycles. The van der Waals surface area contributed by atoms with E-state index in [1.165, 1.54) is 0 Å². The number of hydrogen-bond donors (Lipinski definition) is 3. The maximum absolute atomic E-state index is 10.3. The summed E-state index contributed by atoms with van der Waals surface area (Å²) in [6.07, 6.45) is -1.44. The first-order valence-corrected chi connectivity index (χ1v) is 26.5. The predicted molar refractivity (Wildman–Crippen MR) is 258 cm³/mol. The summed E-state index contributed by atoms with van der Waals surface area (Å²) < 4.78 is 75.6. The lowest BCUT2D eigenvalue weighted by Crippen LogP contribution is -2.50. The van der Waals surface area contributed by atoms with Gasteiger partial charge in [0.05, 0.1) is 81.9 Å². The number of nitrogens with zero attached hydrogens (tertiary/aromatic N) is 1. The van der Waals surface area contributed by atoms with Crippen LogP contribution in [0.4, 0.5) is 0 Å². The Labute approximate surface area is 415 Å². The average Bonchev–Trinajstić information content (AvgIpc) is 4.18. The van der Waals surface area contributed by atoms with Crippen molar-refractivity contribution >= 4 is 8.38 Å². The quantitative estimate of drug-likeness (QED) is 0.108. The molecule has 8 fully saturated rings. The fourth-order valence-electron chi connectivity index (χ4n) is 11.5. The number of benzene rings is 2. The Morgan fingerprint density at radius 1 is 0.600 bits per heavy atom. The predicted octanol–water partition coefficient (Wildman–Crippen LogP) is 5.56. The summed E-state index contributed by atoms with van der Waals surface area (Å²) in [6.45, 7) is 29.0. The van der Waals surface area contributed by atoms with Crippen LogP contribution in [0.25, 0.3) is 4.85 Å². The van der Waals surface area contributed by atoms with E-state index >= 15 is 0 Å². The van der Waals surface area contributed by atoms with Crippen molar-refractivity contribution < 1.29 is 76.5 Å². The maximum atomic E-state index is 10.3. The van der Waals surface area contributed by atoms with Crippen LogP contribution in [0.1, 0.15) is 79.9 Å². The van der Waals surface area contributed by atoms with Crippen molar-refractivity contribution in [2.45, 2.75) is 202 Å². The van der Waals surface area contributed by atoms with Crippen LogP contribution >= 0.6 is 8.38 Å². The lowest BCUT2D eigenvalue weighted by atomic mass is 9.90. The van der Waals surface area contributed by atoms with Crippen LogP contribution in [-0.4, -0.2) is 182 Å². The number of rotatable bonds is 16. The Morgan fingerprint density at radius 2 is 1.01 bits per heavy atom. The lowest BCUT2D eigenvalue weighted by Gasteiger charge is -2.35. The SMILES string of the molecule is CC1O[C@H]2[C@H](C)O[C@]1(CO)[C@H]2O.CC1O[C@H]2[C@H](C)O[C@]1(COCc1ccccc1)[C@H]2O.CO[C@H]1[C@H]2OC(C)[C@]1(COCc1ccccc1)O[C@H]2C.[C-]#[N+]CCOP(C)O[C@H]1[C@H]2OC(C)[C@]1(CC)O[C@H]2C. The van der Waals surface area contributed by atoms with Gasteiger partial charge in [0.15, 0.2) is 8.38 Å².